The number of carboxylic acid groups (broad SMARTS) is 1. The van der Waals surface area contributed by atoms with Gasteiger partial charge in [-0.05, 0) is 70.7 Å². The van der Waals surface area contributed by atoms with Gasteiger partial charge in [0.25, 0.3) is 0 Å². The number of nitrogens with one attached hydrogen (secondary N) is 1. The third-order valence-electron chi connectivity index (χ3n) is 8.06. The Labute approximate surface area is 247 Å². The molecule has 0 aliphatic carbocycles. The van der Waals surface area contributed by atoms with E-state index < -0.39 is 5.97 Å². The minimum absolute atomic E-state index is 0.00117. The van der Waals surface area contributed by atoms with Crippen molar-refractivity contribution in [1.29, 1.82) is 0 Å². The summed E-state index contributed by atoms with van der Waals surface area (Å²) in [4.78, 5) is 34.4. The minimum atomic E-state index is -1.07. The van der Waals surface area contributed by atoms with E-state index in [1.54, 1.807) is 18.2 Å². The van der Waals surface area contributed by atoms with Crippen molar-refractivity contribution in [2.75, 3.05) is 0 Å². The first-order valence-electron chi connectivity index (χ1n) is 14.6. The molecule has 214 valence electrons. The smallest absolute Gasteiger partial charge is 0.336 e. The Morgan fingerprint density at radius 1 is 0.905 bits per heavy atom. The van der Waals surface area contributed by atoms with Crippen LogP contribution in [0.3, 0.4) is 0 Å². The fraction of sp³-hybridized carbons (Fsp3) is 0.270. The standard InChI is InChI=1S/C37H38N2O3/c1-6-11-25(24-13-8-7-9-14-24)21-33(40)26-16-18-28(30(20-26)36(41)42)34-23(2)12-10-15-29(34)35-38-31-19-17-27(37(3,4)5)22-32(31)39-35/h7-10,12-20,22,25H,6,11,21H2,1-5H3,(H,38,39)(H,41,42)/t25-/m0/s1. The molecule has 0 bridgehead atoms. The van der Waals surface area contributed by atoms with Crippen LogP contribution in [0.25, 0.3) is 33.5 Å². The van der Waals surface area contributed by atoms with E-state index >= 15 is 0 Å². The second-order valence-corrected chi connectivity index (χ2v) is 12.2. The van der Waals surface area contributed by atoms with E-state index in [0.29, 0.717) is 23.4 Å². The van der Waals surface area contributed by atoms with Crippen LogP contribution in [0.4, 0.5) is 0 Å². The van der Waals surface area contributed by atoms with E-state index in [-0.39, 0.29) is 22.7 Å². The number of hydrogen-bond donors (Lipinski definition) is 2. The number of rotatable bonds is 9. The summed E-state index contributed by atoms with van der Waals surface area (Å²) in [5, 5.41) is 10.3. The van der Waals surface area contributed by atoms with E-state index in [2.05, 4.69) is 56.9 Å². The van der Waals surface area contributed by atoms with Gasteiger partial charge in [-0.1, -0.05) is 101 Å². The summed E-state index contributed by atoms with van der Waals surface area (Å²) in [5.41, 5.74) is 7.75. The Morgan fingerprint density at radius 2 is 1.67 bits per heavy atom. The van der Waals surface area contributed by atoms with Gasteiger partial charge in [0.15, 0.2) is 5.78 Å². The van der Waals surface area contributed by atoms with Gasteiger partial charge in [0.2, 0.25) is 0 Å². The Kier molecular flexibility index (Phi) is 8.13. The second kappa shape index (κ2) is 11.8. The average molecular weight is 559 g/mol. The maximum Gasteiger partial charge on any atom is 0.336 e. The van der Waals surface area contributed by atoms with E-state index in [0.717, 1.165) is 46.1 Å². The van der Waals surface area contributed by atoms with Crippen LogP contribution in [-0.2, 0) is 5.41 Å². The SMILES string of the molecule is CCC[C@@H](CC(=O)c1ccc(-c2c(C)cccc2-c2nc3ccc(C(C)(C)C)cc3[nH]2)c(C(=O)O)c1)c1ccccc1. The van der Waals surface area contributed by atoms with Crippen molar-refractivity contribution in [3.05, 3.63) is 113 Å². The molecule has 0 aliphatic heterocycles. The number of aromatic carboxylic acids is 1. The summed E-state index contributed by atoms with van der Waals surface area (Å²) < 4.78 is 0. The number of Topliss-reactive ketones (excluding diaryl/α,β-unsaturated/α-hetero) is 1. The van der Waals surface area contributed by atoms with Gasteiger partial charge in [-0.25, -0.2) is 9.78 Å². The Morgan fingerprint density at radius 3 is 2.36 bits per heavy atom. The van der Waals surface area contributed by atoms with Crippen molar-refractivity contribution in [3.8, 4) is 22.5 Å². The first-order valence-corrected chi connectivity index (χ1v) is 14.6. The second-order valence-electron chi connectivity index (χ2n) is 12.2. The number of carbonyl (C=O) groups excluding carboxylic acids is 1. The molecule has 0 radical (unpaired) electrons. The van der Waals surface area contributed by atoms with Gasteiger partial charge in [-0.15, -0.1) is 0 Å². The topological polar surface area (TPSA) is 83.0 Å². The molecule has 0 aliphatic rings. The number of nitrogens with zero attached hydrogens (tertiary/aromatic N) is 1. The molecule has 0 unspecified atom stereocenters. The van der Waals surface area contributed by atoms with Gasteiger partial charge < -0.3 is 10.1 Å². The highest BCUT2D eigenvalue weighted by Crippen LogP contribution is 2.38. The molecule has 5 heteroatoms. The van der Waals surface area contributed by atoms with Gasteiger partial charge in [0.1, 0.15) is 5.82 Å². The lowest BCUT2D eigenvalue weighted by molar-refractivity contribution is 0.0697. The largest absolute Gasteiger partial charge is 0.478 e. The maximum absolute atomic E-state index is 13.5. The number of benzene rings is 4. The van der Waals surface area contributed by atoms with E-state index in [1.807, 2.05) is 49.4 Å². The van der Waals surface area contributed by atoms with Gasteiger partial charge in [0.05, 0.1) is 16.6 Å². The lowest BCUT2D eigenvalue weighted by atomic mass is 9.86. The van der Waals surface area contributed by atoms with Crippen LogP contribution in [0.2, 0.25) is 0 Å². The number of imidazole rings is 1. The van der Waals surface area contributed by atoms with Crippen LogP contribution in [-0.4, -0.2) is 26.8 Å². The van der Waals surface area contributed by atoms with Gasteiger partial charge >= 0.3 is 5.97 Å². The highest BCUT2D eigenvalue weighted by Gasteiger charge is 2.23. The fourth-order valence-corrected chi connectivity index (χ4v) is 5.74. The summed E-state index contributed by atoms with van der Waals surface area (Å²) in [6.07, 6.45) is 2.18. The predicted octanol–water partition coefficient (Wildman–Crippen LogP) is 9.36. The third-order valence-corrected chi connectivity index (χ3v) is 8.06. The number of ketones is 1. The quantitative estimate of drug-likeness (QED) is 0.177. The molecule has 1 heterocycles. The average Bonchev–Trinajstić information content (AvgIpc) is 3.40. The van der Waals surface area contributed by atoms with Crippen LogP contribution < -0.4 is 0 Å². The summed E-state index contributed by atoms with van der Waals surface area (Å²) in [5.74, 6) is -0.354. The number of carbonyl (C=O) groups is 2. The van der Waals surface area contributed by atoms with E-state index in [9.17, 15) is 14.7 Å². The van der Waals surface area contributed by atoms with E-state index in [1.165, 1.54) is 5.56 Å². The van der Waals surface area contributed by atoms with E-state index in [4.69, 9.17) is 4.98 Å². The van der Waals surface area contributed by atoms with Gasteiger partial charge in [-0.3, -0.25) is 4.79 Å². The highest BCUT2D eigenvalue weighted by molar-refractivity contribution is 6.04. The number of aryl methyl sites for hydroxylation is 1. The minimum Gasteiger partial charge on any atom is -0.478 e. The Bertz CT molecular complexity index is 1760. The Balaban J connectivity index is 1.55. The number of fused-ring (bicyclic) bond motifs is 1. The first-order chi connectivity index (χ1) is 20.1. The molecule has 5 nitrogen and oxygen atoms in total. The maximum atomic E-state index is 13.5. The molecule has 1 aromatic heterocycles. The molecule has 0 fully saturated rings. The van der Waals surface area contributed by atoms with Crippen molar-refractivity contribution in [2.24, 2.45) is 0 Å². The van der Waals surface area contributed by atoms with Gasteiger partial charge in [-0.2, -0.15) is 0 Å². The summed E-state index contributed by atoms with van der Waals surface area (Å²) >= 11 is 0. The molecule has 5 rings (SSSR count). The van der Waals surface area contributed by atoms with Crippen molar-refractivity contribution in [2.45, 2.75) is 65.2 Å². The van der Waals surface area contributed by atoms with Crippen LogP contribution in [0.5, 0.6) is 0 Å². The number of aromatic amines is 1. The first kappa shape index (κ1) is 29.0. The lowest BCUT2D eigenvalue weighted by Crippen LogP contribution is -2.10. The van der Waals surface area contributed by atoms with Crippen molar-refractivity contribution < 1.29 is 14.7 Å². The lowest BCUT2D eigenvalue weighted by Gasteiger charge is -2.18. The number of H-pyrrole nitrogens is 1. The molecular weight excluding hydrogens is 520 g/mol. The number of aromatic nitrogens is 2. The van der Waals surface area contributed by atoms with Crippen LogP contribution in [0.15, 0.2) is 84.9 Å². The fourth-order valence-electron chi connectivity index (χ4n) is 5.74. The highest BCUT2D eigenvalue weighted by atomic mass is 16.4. The number of carboxylic acids is 1. The predicted molar refractivity (Wildman–Crippen MR) is 170 cm³/mol. The zero-order valence-corrected chi connectivity index (χ0v) is 25.0. The number of hydrogen-bond acceptors (Lipinski definition) is 3. The zero-order valence-electron chi connectivity index (χ0n) is 25.0. The molecule has 2 N–H and O–H groups in total. The molecule has 42 heavy (non-hydrogen) atoms. The van der Waals surface area contributed by atoms with Gasteiger partial charge in [0, 0.05) is 17.5 Å². The summed E-state index contributed by atoms with van der Waals surface area (Å²) in [6.45, 7) is 10.6. The van der Waals surface area contributed by atoms with Crippen molar-refractivity contribution in [3.63, 3.8) is 0 Å². The van der Waals surface area contributed by atoms with Crippen molar-refractivity contribution in [1.82, 2.24) is 9.97 Å². The Hall–Kier alpha value is -4.51. The van der Waals surface area contributed by atoms with Crippen LogP contribution in [0, 0.1) is 6.92 Å². The van der Waals surface area contributed by atoms with Crippen LogP contribution in [0.1, 0.15) is 90.3 Å². The third kappa shape index (κ3) is 5.91. The monoisotopic (exact) mass is 558 g/mol. The molecule has 0 saturated carbocycles. The molecule has 5 aromatic rings. The molecule has 4 aromatic carbocycles. The normalized spacial score (nSPS) is 12.4. The molecular formula is C37H38N2O3. The molecule has 1 atom stereocenters. The zero-order chi connectivity index (χ0) is 30.0. The van der Waals surface area contributed by atoms with Crippen LogP contribution >= 0.6 is 0 Å². The summed E-state index contributed by atoms with van der Waals surface area (Å²) in [7, 11) is 0. The molecule has 0 saturated heterocycles. The summed E-state index contributed by atoms with van der Waals surface area (Å²) in [6, 6.07) is 27.3. The molecule has 0 spiro atoms. The molecule has 0 amide bonds. The van der Waals surface area contributed by atoms with Crippen molar-refractivity contribution >= 4 is 22.8 Å².